The summed E-state index contributed by atoms with van der Waals surface area (Å²) in [6.07, 6.45) is 1.29. The van der Waals surface area contributed by atoms with E-state index in [1.807, 2.05) is 29.2 Å². The van der Waals surface area contributed by atoms with E-state index in [-0.39, 0.29) is 54.4 Å². The first-order chi connectivity index (χ1) is 23.7. The minimum absolute atomic E-state index is 0.0212. The van der Waals surface area contributed by atoms with Gasteiger partial charge in [0.2, 0.25) is 11.7 Å². The van der Waals surface area contributed by atoms with E-state index in [4.69, 9.17) is 18.9 Å². The van der Waals surface area contributed by atoms with E-state index in [9.17, 15) is 14.7 Å². The number of amides is 1. The van der Waals surface area contributed by atoms with Crippen molar-refractivity contribution in [2.24, 2.45) is 5.92 Å². The summed E-state index contributed by atoms with van der Waals surface area (Å²) in [7, 11) is 0. The van der Waals surface area contributed by atoms with Crippen LogP contribution in [0.1, 0.15) is 50.9 Å². The van der Waals surface area contributed by atoms with Gasteiger partial charge in [-0.15, -0.1) is 0 Å². The molecule has 0 unspecified atom stereocenters. The van der Waals surface area contributed by atoms with Crippen molar-refractivity contribution >= 4 is 50.8 Å². The number of aromatic nitrogens is 4. The Bertz CT molecular complexity index is 2060. The van der Waals surface area contributed by atoms with Gasteiger partial charge in [0.05, 0.1) is 17.6 Å². The molecule has 14 heteroatoms. The van der Waals surface area contributed by atoms with Gasteiger partial charge in [0.15, 0.2) is 11.4 Å². The van der Waals surface area contributed by atoms with E-state index in [0.717, 1.165) is 11.0 Å². The van der Waals surface area contributed by atoms with Crippen molar-refractivity contribution in [1.29, 1.82) is 0 Å². The molecule has 4 aliphatic rings. The smallest absolute Gasteiger partial charge is 0.329 e. The molecule has 4 atom stereocenters. The Morgan fingerprint density at radius 2 is 1.86 bits per heavy atom. The number of piperidine rings is 1. The average molecular weight is 675 g/mol. The number of rotatable bonds is 1. The predicted octanol–water partition coefficient (Wildman–Crippen LogP) is 5.54. The van der Waals surface area contributed by atoms with Crippen molar-refractivity contribution in [2.75, 3.05) is 37.7 Å². The van der Waals surface area contributed by atoms with Crippen LogP contribution in [-0.2, 0) is 20.2 Å². The summed E-state index contributed by atoms with van der Waals surface area (Å²) >= 11 is 0. The third kappa shape index (κ3) is 5.61. The van der Waals surface area contributed by atoms with Gasteiger partial charge in [-0.05, 0) is 49.4 Å². The van der Waals surface area contributed by atoms with Crippen LogP contribution >= 0.6 is 0 Å². The lowest BCUT2D eigenvalue weighted by molar-refractivity contribution is -0.138. The SMILES string of the molecule is C[C@H]1CN2CC[C@@H]1n1c(nc3ccccc31)O[C@H]1C[C@@H](C(=O)O)N(C1)c1nc(nc3c1oc1ccccc13)C(F)(F)COCCCCC2=O. The first kappa shape index (κ1) is 31.4. The van der Waals surface area contributed by atoms with Crippen LogP contribution in [0.4, 0.5) is 14.6 Å². The maximum absolute atomic E-state index is 15.8. The maximum atomic E-state index is 15.8. The molecule has 1 N–H and O–H groups in total. The number of carbonyl (C=O) groups excluding carboxylic acids is 1. The molecule has 0 radical (unpaired) electrons. The van der Waals surface area contributed by atoms with Crippen molar-refractivity contribution in [3.8, 4) is 6.01 Å². The summed E-state index contributed by atoms with van der Waals surface area (Å²) in [6.45, 7) is 2.30. The molecule has 2 fully saturated rings. The van der Waals surface area contributed by atoms with E-state index in [2.05, 4.69) is 21.5 Å². The molecule has 2 aromatic carbocycles. The Morgan fingerprint density at radius 3 is 2.69 bits per heavy atom. The summed E-state index contributed by atoms with van der Waals surface area (Å²) in [5, 5.41) is 10.9. The Kier molecular flexibility index (Phi) is 7.85. The lowest BCUT2D eigenvalue weighted by Crippen LogP contribution is -2.43. The Morgan fingerprint density at radius 1 is 1.04 bits per heavy atom. The molecule has 0 spiro atoms. The number of benzene rings is 2. The molecule has 0 aliphatic carbocycles. The van der Waals surface area contributed by atoms with Crippen LogP contribution in [0.15, 0.2) is 52.9 Å². The highest BCUT2D eigenvalue weighted by Gasteiger charge is 2.44. The molecule has 9 rings (SSSR count). The maximum Gasteiger partial charge on any atom is 0.329 e. The van der Waals surface area contributed by atoms with Gasteiger partial charge >= 0.3 is 11.9 Å². The Balaban J connectivity index is 1.24. The molecule has 2 saturated heterocycles. The normalized spacial score (nSPS) is 25.0. The zero-order valence-corrected chi connectivity index (χ0v) is 26.9. The fourth-order valence-electron chi connectivity index (χ4n) is 7.51. The lowest BCUT2D eigenvalue weighted by Gasteiger charge is -2.38. The average Bonchev–Trinajstić information content (AvgIpc) is 3.79. The molecular weight excluding hydrogens is 638 g/mol. The van der Waals surface area contributed by atoms with E-state index in [0.29, 0.717) is 55.8 Å². The van der Waals surface area contributed by atoms with Gasteiger partial charge in [0.25, 0.3) is 6.01 Å². The van der Waals surface area contributed by atoms with Crippen LogP contribution in [-0.4, -0.2) is 86.4 Å². The van der Waals surface area contributed by atoms with Crippen molar-refractivity contribution < 1.29 is 37.4 Å². The van der Waals surface area contributed by atoms with Crippen LogP contribution in [0.5, 0.6) is 6.01 Å². The largest absolute Gasteiger partial charge is 0.480 e. The van der Waals surface area contributed by atoms with Crippen molar-refractivity contribution in [1.82, 2.24) is 24.4 Å². The van der Waals surface area contributed by atoms with Gasteiger partial charge in [-0.25, -0.2) is 14.8 Å². The third-order valence-electron chi connectivity index (χ3n) is 9.94. The number of halogens is 2. The fourth-order valence-corrected chi connectivity index (χ4v) is 7.51. The summed E-state index contributed by atoms with van der Waals surface area (Å²) in [6, 6.07) is 13.8. The van der Waals surface area contributed by atoms with Gasteiger partial charge in [0.1, 0.15) is 29.9 Å². The number of carbonyl (C=O) groups is 2. The molecule has 4 aliphatic heterocycles. The fraction of sp³-hybridized carbons (Fsp3) is 0.457. The zero-order valence-electron chi connectivity index (χ0n) is 26.9. The molecule has 0 saturated carbocycles. The van der Waals surface area contributed by atoms with Crippen LogP contribution in [0.2, 0.25) is 0 Å². The second-order valence-electron chi connectivity index (χ2n) is 13.3. The summed E-state index contributed by atoms with van der Waals surface area (Å²) in [5.41, 5.74) is 2.29. The third-order valence-corrected chi connectivity index (χ3v) is 9.94. The molecule has 7 heterocycles. The van der Waals surface area contributed by atoms with E-state index in [1.165, 1.54) is 4.90 Å². The summed E-state index contributed by atoms with van der Waals surface area (Å²) in [5.74, 6) is -5.50. The number of fused-ring (bicyclic) bond motifs is 13. The van der Waals surface area contributed by atoms with Gasteiger partial charge in [-0.1, -0.05) is 31.2 Å². The summed E-state index contributed by atoms with van der Waals surface area (Å²) < 4.78 is 51.8. The number of imidazole rings is 1. The molecule has 256 valence electrons. The Labute approximate surface area is 279 Å². The van der Waals surface area contributed by atoms with Crippen molar-refractivity contribution in [2.45, 2.75) is 63.1 Å². The standard InChI is InChI=1S/C35H36F2N6O6/c1-20-17-41-14-13-24(20)43-25-10-4-3-9-23(25)38-34(43)48-21-16-26(32(45)46)42(18-21)31-30-29(22-8-2-5-11-27(22)49-30)39-33(40-31)35(36,37)19-47-15-7-6-12-28(41)44/h2-5,8-11,20-21,24,26H,6-7,12-19H2,1H3,(H,45,46)/t20-,21-,24-,26-/m0/s1. The second kappa shape index (κ2) is 12.2. The number of para-hydroxylation sites is 3. The number of alkyl halides is 2. The van der Waals surface area contributed by atoms with Crippen LogP contribution in [0.25, 0.3) is 33.1 Å². The number of carboxylic acid groups (broad SMARTS) is 1. The topological polar surface area (TPSA) is 136 Å². The zero-order chi connectivity index (χ0) is 33.9. The molecule has 6 bridgehead atoms. The minimum Gasteiger partial charge on any atom is -0.480 e. The predicted molar refractivity (Wildman–Crippen MR) is 175 cm³/mol. The van der Waals surface area contributed by atoms with Gasteiger partial charge < -0.3 is 28.8 Å². The second-order valence-corrected chi connectivity index (χ2v) is 13.3. The summed E-state index contributed by atoms with van der Waals surface area (Å²) in [4.78, 5) is 42.6. The first-order valence-electron chi connectivity index (χ1n) is 16.7. The number of anilines is 1. The highest BCUT2D eigenvalue weighted by molar-refractivity contribution is 6.06. The molecule has 12 nitrogen and oxygen atoms in total. The van der Waals surface area contributed by atoms with E-state index < -0.39 is 36.5 Å². The molecule has 1 amide bonds. The number of carboxylic acids is 1. The van der Waals surface area contributed by atoms with Gasteiger partial charge in [-0.2, -0.15) is 13.8 Å². The van der Waals surface area contributed by atoms with E-state index in [1.54, 1.807) is 24.3 Å². The van der Waals surface area contributed by atoms with Crippen LogP contribution in [0, 0.1) is 5.92 Å². The first-order valence-corrected chi connectivity index (χ1v) is 16.7. The lowest BCUT2D eigenvalue weighted by atomic mass is 9.93. The minimum atomic E-state index is -3.60. The number of nitrogens with zero attached hydrogens (tertiary/aromatic N) is 6. The molecule has 5 aromatic rings. The number of aliphatic carboxylic acids is 1. The van der Waals surface area contributed by atoms with Crippen LogP contribution < -0.4 is 9.64 Å². The number of furan rings is 1. The highest BCUT2D eigenvalue weighted by atomic mass is 19.3. The van der Waals surface area contributed by atoms with Crippen molar-refractivity contribution in [3.63, 3.8) is 0 Å². The molecular formula is C35H36F2N6O6. The molecule has 49 heavy (non-hydrogen) atoms. The van der Waals surface area contributed by atoms with Crippen molar-refractivity contribution in [3.05, 3.63) is 54.4 Å². The van der Waals surface area contributed by atoms with Gasteiger partial charge in [-0.3, -0.25) is 9.36 Å². The molecule has 3 aromatic heterocycles. The number of hydrogen-bond acceptors (Lipinski definition) is 9. The number of hydrogen-bond donors (Lipinski definition) is 1. The quantitative estimate of drug-likeness (QED) is 0.242. The van der Waals surface area contributed by atoms with Gasteiger partial charge in [0, 0.05) is 44.0 Å². The van der Waals surface area contributed by atoms with Crippen LogP contribution in [0.3, 0.4) is 0 Å². The highest BCUT2D eigenvalue weighted by Crippen LogP contribution is 2.41. The van der Waals surface area contributed by atoms with E-state index >= 15 is 8.78 Å². The Hall–Kier alpha value is -4.85. The number of ether oxygens (including phenoxy) is 2. The monoisotopic (exact) mass is 674 g/mol.